The number of ether oxygens (including phenoxy) is 1. The topological polar surface area (TPSA) is 70.6 Å². The predicted octanol–water partition coefficient (Wildman–Crippen LogP) is 2.32. The first-order valence-corrected chi connectivity index (χ1v) is 7.57. The smallest absolute Gasteiger partial charge is 0.315 e. The Morgan fingerprint density at radius 3 is 2.81 bits per heavy atom. The van der Waals surface area contributed by atoms with Crippen LogP contribution in [0.3, 0.4) is 0 Å². The molecule has 1 saturated carbocycles. The molecule has 0 aliphatic heterocycles. The van der Waals surface area contributed by atoms with Crippen LogP contribution in [-0.2, 0) is 0 Å². The Morgan fingerprint density at radius 2 is 2.14 bits per heavy atom. The number of halogens is 1. The van der Waals surface area contributed by atoms with Crippen molar-refractivity contribution in [2.75, 3.05) is 19.8 Å². The van der Waals surface area contributed by atoms with Crippen molar-refractivity contribution >= 4 is 17.6 Å². The highest BCUT2D eigenvalue weighted by Crippen LogP contribution is 2.28. The fourth-order valence-corrected chi connectivity index (χ4v) is 2.73. The van der Waals surface area contributed by atoms with E-state index in [1.54, 1.807) is 12.1 Å². The minimum absolute atomic E-state index is 0.0144. The van der Waals surface area contributed by atoms with Gasteiger partial charge in [-0.05, 0) is 31.0 Å². The Hall–Kier alpha value is -1.46. The van der Waals surface area contributed by atoms with Gasteiger partial charge in [0.05, 0.1) is 18.7 Å². The van der Waals surface area contributed by atoms with Crippen LogP contribution in [0.4, 0.5) is 4.79 Å². The average Bonchev–Trinajstić information content (AvgIpc) is 2.93. The highest BCUT2D eigenvalue weighted by molar-refractivity contribution is 6.30. The fraction of sp³-hybridized carbons (Fsp3) is 0.533. The van der Waals surface area contributed by atoms with Gasteiger partial charge in [-0.15, -0.1) is 0 Å². The number of hydrogen-bond acceptors (Lipinski definition) is 3. The van der Waals surface area contributed by atoms with Gasteiger partial charge in [-0.25, -0.2) is 4.79 Å². The van der Waals surface area contributed by atoms with Crippen molar-refractivity contribution in [2.45, 2.75) is 31.2 Å². The molecule has 1 aliphatic carbocycles. The van der Waals surface area contributed by atoms with Crippen LogP contribution in [0.15, 0.2) is 24.3 Å². The third kappa shape index (κ3) is 4.79. The van der Waals surface area contributed by atoms with Crippen molar-refractivity contribution in [3.63, 3.8) is 0 Å². The second-order valence-electron chi connectivity index (χ2n) is 5.33. The average molecular weight is 313 g/mol. The van der Waals surface area contributed by atoms with Gasteiger partial charge >= 0.3 is 6.03 Å². The summed E-state index contributed by atoms with van der Waals surface area (Å²) in [7, 11) is 0. The summed E-state index contributed by atoms with van der Waals surface area (Å²) in [5.74, 6) is 0.673. The molecule has 3 N–H and O–H groups in total. The molecule has 0 heterocycles. The minimum atomic E-state index is -0.447. The van der Waals surface area contributed by atoms with Crippen LogP contribution < -0.4 is 15.4 Å². The standard InChI is InChI=1S/C15H21ClN2O3/c16-12-4-3-5-13(10-12)21-9-8-17-14(20)18-15(11-19)6-1-2-7-15/h3-5,10,19H,1-2,6-9,11H2,(H2,17,18,20). The second-order valence-corrected chi connectivity index (χ2v) is 5.77. The number of nitrogens with one attached hydrogen (secondary N) is 2. The van der Waals surface area contributed by atoms with E-state index in [1.165, 1.54) is 0 Å². The molecule has 0 bridgehead atoms. The third-order valence-corrected chi connectivity index (χ3v) is 3.93. The van der Waals surface area contributed by atoms with E-state index >= 15 is 0 Å². The Kier molecular flexibility index (Phi) is 5.70. The maximum atomic E-state index is 11.8. The second kappa shape index (κ2) is 7.52. The van der Waals surface area contributed by atoms with Crippen molar-refractivity contribution < 1.29 is 14.6 Å². The molecule has 21 heavy (non-hydrogen) atoms. The summed E-state index contributed by atoms with van der Waals surface area (Å²) in [5, 5.41) is 15.7. The monoisotopic (exact) mass is 312 g/mol. The van der Waals surface area contributed by atoms with Gasteiger partial charge in [-0.1, -0.05) is 30.5 Å². The van der Waals surface area contributed by atoms with Crippen molar-refractivity contribution in [2.24, 2.45) is 0 Å². The van der Waals surface area contributed by atoms with Crippen LogP contribution in [0, 0.1) is 0 Å². The molecule has 0 radical (unpaired) electrons. The summed E-state index contributed by atoms with van der Waals surface area (Å²) in [6.07, 6.45) is 3.74. The fourth-order valence-electron chi connectivity index (χ4n) is 2.55. The van der Waals surface area contributed by atoms with E-state index in [-0.39, 0.29) is 12.6 Å². The van der Waals surface area contributed by atoms with E-state index in [0.29, 0.717) is 23.9 Å². The number of hydrogen-bond donors (Lipinski definition) is 3. The molecule has 1 aromatic carbocycles. The van der Waals surface area contributed by atoms with E-state index in [0.717, 1.165) is 25.7 Å². The Morgan fingerprint density at radius 1 is 1.38 bits per heavy atom. The van der Waals surface area contributed by atoms with Crippen LogP contribution in [-0.4, -0.2) is 36.4 Å². The number of carbonyl (C=O) groups is 1. The van der Waals surface area contributed by atoms with Crippen molar-refractivity contribution in [1.82, 2.24) is 10.6 Å². The Bertz CT molecular complexity index is 476. The van der Waals surface area contributed by atoms with Crippen LogP contribution in [0.2, 0.25) is 5.02 Å². The summed E-state index contributed by atoms with van der Waals surface area (Å²) < 4.78 is 5.48. The maximum Gasteiger partial charge on any atom is 0.315 e. The summed E-state index contributed by atoms with van der Waals surface area (Å²) in [5.41, 5.74) is -0.447. The number of carbonyl (C=O) groups excluding carboxylic acids is 1. The first-order chi connectivity index (χ1) is 10.1. The summed E-state index contributed by atoms with van der Waals surface area (Å²) >= 11 is 5.85. The first kappa shape index (κ1) is 15.9. The van der Waals surface area contributed by atoms with Crippen LogP contribution in [0.5, 0.6) is 5.75 Å². The number of benzene rings is 1. The van der Waals surface area contributed by atoms with Gasteiger partial charge in [0.1, 0.15) is 12.4 Å². The Labute approximate surface area is 129 Å². The van der Waals surface area contributed by atoms with Gasteiger partial charge in [0, 0.05) is 5.02 Å². The highest BCUT2D eigenvalue weighted by atomic mass is 35.5. The summed E-state index contributed by atoms with van der Waals surface area (Å²) in [4.78, 5) is 11.8. The quantitative estimate of drug-likeness (QED) is 0.706. The van der Waals surface area contributed by atoms with E-state index in [4.69, 9.17) is 16.3 Å². The first-order valence-electron chi connectivity index (χ1n) is 7.19. The van der Waals surface area contributed by atoms with Gasteiger partial charge in [-0.3, -0.25) is 0 Å². The molecule has 116 valence electrons. The highest BCUT2D eigenvalue weighted by Gasteiger charge is 2.34. The Balaban J connectivity index is 1.67. The van der Waals surface area contributed by atoms with Gasteiger partial charge in [0.2, 0.25) is 0 Å². The largest absolute Gasteiger partial charge is 0.492 e. The molecule has 0 unspecified atom stereocenters. The molecule has 1 aliphatic rings. The lowest BCUT2D eigenvalue weighted by molar-refractivity contribution is 0.162. The molecule has 6 heteroatoms. The number of amides is 2. The SMILES string of the molecule is O=C(NCCOc1cccc(Cl)c1)NC1(CO)CCCC1. The zero-order valence-corrected chi connectivity index (χ0v) is 12.7. The zero-order valence-electron chi connectivity index (χ0n) is 11.9. The maximum absolute atomic E-state index is 11.8. The molecule has 1 aromatic rings. The molecule has 0 spiro atoms. The number of aliphatic hydroxyl groups excluding tert-OH is 1. The van der Waals surface area contributed by atoms with Crippen molar-refractivity contribution in [3.05, 3.63) is 29.3 Å². The van der Waals surface area contributed by atoms with Crippen molar-refractivity contribution in [1.29, 1.82) is 0 Å². The van der Waals surface area contributed by atoms with E-state index in [9.17, 15) is 9.90 Å². The summed E-state index contributed by atoms with van der Waals surface area (Å²) in [6, 6.07) is 6.85. The van der Waals surface area contributed by atoms with Gasteiger partial charge in [0.15, 0.2) is 0 Å². The van der Waals surface area contributed by atoms with E-state index in [2.05, 4.69) is 10.6 Å². The minimum Gasteiger partial charge on any atom is -0.492 e. The van der Waals surface area contributed by atoms with Crippen LogP contribution in [0.25, 0.3) is 0 Å². The molecular formula is C15H21ClN2O3. The molecule has 5 nitrogen and oxygen atoms in total. The third-order valence-electron chi connectivity index (χ3n) is 3.69. The molecule has 0 saturated heterocycles. The number of rotatable bonds is 6. The lowest BCUT2D eigenvalue weighted by Gasteiger charge is -2.27. The molecule has 1 fully saturated rings. The van der Waals surface area contributed by atoms with Crippen molar-refractivity contribution in [3.8, 4) is 5.75 Å². The predicted molar refractivity (Wildman–Crippen MR) is 81.8 cm³/mol. The lowest BCUT2D eigenvalue weighted by atomic mass is 9.99. The zero-order chi connectivity index (χ0) is 15.1. The van der Waals surface area contributed by atoms with E-state index in [1.807, 2.05) is 12.1 Å². The number of urea groups is 1. The molecule has 0 atom stereocenters. The lowest BCUT2D eigenvalue weighted by Crippen LogP contribution is -2.53. The molecular weight excluding hydrogens is 292 g/mol. The molecule has 0 aromatic heterocycles. The number of aliphatic hydroxyl groups is 1. The van der Waals surface area contributed by atoms with Crippen LogP contribution in [0.1, 0.15) is 25.7 Å². The van der Waals surface area contributed by atoms with Gasteiger partial charge in [-0.2, -0.15) is 0 Å². The normalized spacial score (nSPS) is 16.5. The van der Waals surface area contributed by atoms with Gasteiger partial charge < -0.3 is 20.5 Å². The van der Waals surface area contributed by atoms with E-state index < -0.39 is 5.54 Å². The molecule has 2 amide bonds. The van der Waals surface area contributed by atoms with Crippen LogP contribution >= 0.6 is 11.6 Å². The van der Waals surface area contributed by atoms with Gasteiger partial charge in [0.25, 0.3) is 0 Å². The molecule has 2 rings (SSSR count). The summed E-state index contributed by atoms with van der Waals surface area (Å²) in [6.45, 7) is 0.735.